The number of aryl methyl sites for hydroxylation is 2. The van der Waals surface area contributed by atoms with Crippen molar-refractivity contribution in [2.24, 2.45) is 0 Å². The summed E-state index contributed by atoms with van der Waals surface area (Å²) in [4.78, 5) is 38.4. The van der Waals surface area contributed by atoms with Gasteiger partial charge in [-0.15, -0.1) is 0 Å². The van der Waals surface area contributed by atoms with Crippen molar-refractivity contribution in [3.63, 3.8) is 0 Å². The number of carbonyl (C=O) groups excluding carboxylic acids is 3. The van der Waals surface area contributed by atoms with E-state index in [2.05, 4.69) is 0 Å². The summed E-state index contributed by atoms with van der Waals surface area (Å²) in [5.74, 6) is -1.37. The van der Waals surface area contributed by atoms with Gasteiger partial charge in [0.1, 0.15) is 6.54 Å². The van der Waals surface area contributed by atoms with Gasteiger partial charge in [-0.1, -0.05) is 6.07 Å². The molecule has 1 aliphatic rings. The molecule has 0 aliphatic carbocycles. The van der Waals surface area contributed by atoms with E-state index in [4.69, 9.17) is 0 Å². The second-order valence-electron chi connectivity index (χ2n) is 4.98. The fraction of sp³-hybridized carbons (Fsp3) is 0.357. The molecule has 0 saturated carbocycles. The molecule has 5 heteroatoms. The number of hydrogen-bond donors (Lipinski definition) is 0. The van der Waals surface area contributed by atoms with Crippen LogP contribution in [0.4, 0.5) is 5.69 Å². The maximum absolute atomic E-state index is 12.0. The maximum atomic E-state index is 12.0. The number of nitrogens with zero attached hydrogens (tertiary/aromatic N) is 2. The zero-order valence-corrected chi connectivity index (χ0v) is 11.5. The lowest BCUT2D eigenvalue weighted by Crippen LogP contribution is -2.39. The highest BCUT2D eigenvalue weighted by Crippen LogP contribution is 2.32. The normalized spacial score (nSPS) is 13.8. The SMILES string of the molecule is Cc1cc(C)c2c(c1)N(CC(=O)N(C)C)C(=O)C2=O. The van der Waals surface area contributed by atoms with Crippen molar-refractivity contribution in [1.82, 2.24) is 4.90 Å². The Morgan fingerprint density at radius 2 is 1.84 bits per heavy atom. The van der Waals surface area contributed by atoms with E-state index >= 15 is 0 Å². The van der Waals surface area contributed by atoms with E-state index in [9.17, 15) is 14.4 Å². The number of ketones is 1. The Kier molecular flexibility index (Phi) is 3.14. The fourth-order valence-electron chi connectivity index (χ4n) is 2.23. The van der Waals surface area contributed by atoms with Crippen molar-refractivity contribution in [3.8, 4) is 0 Å². The summed E-state index contributed by atoms with van der Waals surface area (Å²) in [6, 6.07) is 3.63. The predicted octanol–water partition coefficient (Wildman–Crippen LogP) is 0.921. The smallest absolute Gasteiger partial charge is 0.299 e. The summed E-state index contributed by atoms with van der Waals surface area (Å²) in [6.07, 6.45) is 0. The minimum absolute atomic E-state index is 0.104. The Bertz CT molecular complexity index is 591. The molecule has 5 nitrogen and oxygen atoms in total. The van der Waals surface area contributed by atoms with Gasteiger partial charge in [0, 0.05) is 14.1 Å². The molecule has 0 radical (unpaired) electrons. The summed E-state index contributed by atoms with van der Waals surface area (Å²) >= 11 is 0. The molecule has 100 valence electrons. The quantitative estimate of drug-likeness (QED) is 0.743. The van der Waals surface area contributed by atoms with E-state index in [1.807, 2.05) is 13.0 Å². The van der Waals surface area contributed by atoms with E-state index < -0.39 is 11.7 Å². The second-order valence-corrected chi connectivity index (χ2v) is 4.98. The first-order valence-electron chi connectivity index (χ1n) is 6.00. The highest BCUT2D eigenvalue weighted by Gasteiger charge is 2.38. The van der Waals surface area contributed by atoms with E-state index in [-0.39, 0.29) is 12.5 Å². The van der Waals surface area contributed by atoms with Gasteiger partial charge in [-0.25, -0.2) is 0 Å². The van der Waals surface area contributed by atoms with Crippen LogP contribution in [-0.4, -0.2) is 43.1 Å². The van der Waals surface area contributed by atoms with Gasteiger partial charge in [-0.2, -0.15) is 0 Å². The molecule has 2 amide bonds. The Hall–Kier alpha value is -2.17. The minimum Gasteiger partial charge on any atom is -0.347 e. The zero-order chi connectivity index (χ0) is 14.3. The molecule has 19 heavy (non-hydrogen) atoms. The molecule has 0 fully saturated rings. The van der Waals surface area contributed by atoms with Crippen molar-refractivity contribution < 1.29 is 14.4 Å². The van der Waals surface area contributed by atoms with Crippen molar-refractivity contribution in [1.29, 1.82) is 0 Å². The van der Waals surface area contributed by atoms with Crippen LogP contribution in [0.1, 0.15) is 21.5 Å². The number of hydrogen-bond acceptors (Lipinski definition) is 3. The van der Waals surface area contributed by atoms with Crippen molar-refractivity contribution in [2.45, 2.75) is 13.8 Å². The molecule has 1 heterocycles. The first kappa shape index (κ1) is 13.3. The molecule has 1 aromatic rings. The molecule has 1 aliphatic heterocycles. The summed E-state index contributed by atoms with van der Waals surface area (Å²) in [5, 5.41) is 0. The summed E-state index contributed by atoms with van der Waals surface area (Å²) in [6.45, 7) is 3.59. The van der Waals surface area contributed by atoms with Gasteiger partial charge < -0.3 is 4.90 Å². The van der Waals surface area contributed by atoms with Gasteiger partial charge in [0.05, 0.1) is 11.3 Å². The number of likely N-dealkylation sites (N-methyl/N-ethyl adjacent to an activating group) is 1. The zero-order valence-electron chi connectivity index (χ0n) is 11.5. The predicted molar refractivity (Wildman–Crippen MR) is 71.3 cm³/mol. The fourth-order valence-corrected chi connectivity index (χ4v) is 2.23. The third kappa shape index (κ3) is 2.12. The van der Waals surface area contributed by atoms with E-state index in [1.54, 1.807) is 27.1 Å². The highest BCUT2D eigenvalue weighted by atomic mass is 16.2. The molecule has 0 unspecified atom stereocenters. The molecule has 0 N–H and O–H groups in total. The molecule has 2 rings (SSSR count). The molecular formula is C14H16N2O3. The first-order valence-corrected chi connectivity index (χ1v) is 6.00. The number of Topliss-reactive ketones (excluding diaryl/α,β-unsaturated/α-hetero) is 1. The van der Waals surface area contributed by atoms with Crippen LogP contribution in [0.25, 0.3) is 0 Å². The highest BCUT2D eigenvalue weighted by molar-refractivity contribution is 6.53. The molecule has 0 spiro atoms. The average Bonchev–Trinajstić information content (AvgIpc) is 2.54. The van der Waals surface area contributed by atoms with Crippen molar-refractivity contribution >= 4 is 23.3 Å². The Balaban J connectivity index is 2.47. The van der Waals surface area contributed by atoms with E-state index in [0.29, 0.717) is 11.3 Å². The Morgan fingerprint density at radius 1 is 1.21 bits per heavy atom. The Morgan fingerprint density at radius 3 is 2.42 bits per heavy atom. The van der Waals surface area contributed by atoms with Crippen molar-refractivity contribution in [2.75, 3.05) is 25.5 Å². The summed E-state index contributed by atoms with van der Waals surface area (Å²) in [5.41, 5.74) is 2.69. The van der Waals surface area contributed by atoms with Gasteiger partial charge in [0.15, 0.2) is 0 Å². The lowest BCUT2D eigenvalue weighted by molar-refractivity contribution is -0.128. The molecule has 0 bridgehead atoms. The van der Waals surface area contributed by atoms with Crippen LogP contribution in [0.5, 0.6) is 0 Å². The maximum Gasteiger partial charge on any atom is 0.299 e. The number of benzene rings is 1. The third-order valence-corrected chi connectivity index (χ3v) is 3.21. The monoisotopic (exact) mass is 260 g/mol. The molecular weight excluding hydrogens is 244 g/mol. The van der Waals surface area contributed by atoms with Gasteiger partial charge >= 0.3 is 0 Å². The topological polar surface area (TPSA) is 57.7 Å². The average molecular weight is 260 g/mol. The number of fused-ring (bicyclic) bond motifs is 1. The third-order valence-electron chi connectivity index (χ3n) is 3.21. The molecule has 0 aromatic heterocycles. The number of amides is 2. The van der Waals surface area contributed by atoms with E-state index in [0.717, 1.165) is 11.1 Å². The molecule has 0 saturated heterocycles. The molecule has 0 atom stereocenters. The summed E-state index contributed by atoms with van der Waals surface area (Å²) in [7, 11) is 3.24. The van der Waals surface area contributed by atoms with Crippen LogP contribution in [0.2, 0.25) is 0 Å². The van der Waals surface area contributed by atoms with Crippen LogP contribution in [0, 0.1) is 13.8 Å². The van der Waals surface area contributed by atoms with Gasteiger partial charge in [0.2, 0.25) is 5.91 Å². The second kappa shape index (κ2) is 4.50. The lowest BCUT2D eigenvalue weighted by Gasteiger charge is -2.19. The van der Waals surface area contributed by atoms with Crippen LogP contribution in [-0.2, 0) is 9.59 Å². The number of rotatable bonds is 2. The number of carbonyl (C=O) groups is 3. The van der Waals surface area contributed by atoms with Crippen LogP contribution >= 0.6 is 0 Å². The van der Waals surface area contributed by atoms with Crippen molar-refractivity contribution in [3.05, 3.63) is 28.8 Å². The summed E-state index contributed by atoms with van der Waals surface area (Å²) < 4.78 is 0. The van der Waals surface area contributed by atoms with Gasteiger partial charge in [0.25, 0.3) is 11.7 Å². The largest absolute Gasteiger partial charge is 0.347 e. The van der Waals surface area contributed by atoms with Crippen LogP contribution in [0.3, 0.4) is 0 Å². The van der Waals surface area contributed by atoms with E-state index in [1.165, 1.54) is 9.80 Å². The lowest BCUT2D eigenvalue weighted by atomic mass is 10.0. The standard InChI is InChI=1S/C14H16N2O3/c1-8-5-9(2)12-10(6-8)16(14(19)13(12)18)7-11(17)15(3)4/h5-6H,7H2,1-4H3. The van der Waals surface area contributed by atoms with Gasteiger partial charge in [-0.05, 0) is 31.0 Å². The van der Waals surface area contributed by atoms with Crippen LogP contribution < -0.4 is 4.90 Å². The first-order chi connectivity index (χ1) is 8.82. The van der Waals surface area contributed by atoms with Crippen LogP contribution in [0.15, 0.2) is 12.1 Å². The Labute approximate surface area is 111 Å². The minimum atomic E-state index is -0.626. The number of anilines is 1. The van der Waals surface area contributed by atoms with Gasteiger partial charge in [-0.3, -0.25) is 19.3 Å². The molecule has 1 aromatic carbocycles.